The van der Waals surface area contributed by atoms with Crippen molar-refractivity contribution in [2.75, 3.05) is 17.7 Å². The summed E-state index contributed by atoms with van der Waals surface area (Å²) in [5.74, 6) is 2.59. The van der Waals surface area contributed by atoms with Crippen LogP contribution in [0.15, 0.2) is 12.3 Å². The Kier molecular flexibility index (Phi) is 8.81. The Balaban J connectivity index is 1.51. The highest BCUT2D eigenvalue weighted by molar-refractivity contribution is 7.97. The molecule has 0 radical (unpaired) electrons. The van der Waals surface area contributed by atoms with E-state index < -0.39 is 7.51 Å². The Morgan fingerprint density at radius 2 is 1.90 bits per heavy atom. The minimum atomic E-state index is -3.03. The highest BCUT2D eigenvalue weighted by Crippen LogP contribution is 2.55. The van der Waals surface area contributed by atoms with Crippen molar-refractivity contribution in [1.29, 1.82) is 5.16 Å². The lowest BCUT2D eigenvalue weighted by Gasteiger charge is -2.37. The van der Waals surface area contributed by atoms with Gasteiger partial charge in [-0.15, -0.1) is 0 Å². The summed E-state index contributed by atoms with van der Waals surface area (Å²) in [5.41, 5.74) is 0.0523. The zero-order chi connectivity index (χ0) is 20.7. The van der Waals surface area contributed by atoms with Gasteiger partial charge in [-0.25, -0.2) is 9.97 Å². The van der Waals surface area contributed by atoms with Crippen molar-refractivity contribution in [3.8, 4) is 0 Å². The number of anilines is 1. The van der Waals surface area contributed by atoms with E-state index in [0.29, 0.717) is 6.04 Å². The average Bonchev–Trinajstić information content (AvgIpc) is 3.02. The lowest BCUT2D eigenvalue weighted by atomic mass is 9.92. The number of hydrogen-bond donors (Lipinski definition) is 3. The third kappa shape index (κ3) is 6.66. The van der Waals surface area contributed by atoms with Gasteiger partial charge in [0, 0.05) is 37.1 Å². The fourth-order valence-electron chi connectivity index (χ4n) is 4.50. The maximum Gasteiger partial charge on any atom is 0.210 e. The van der Waals surface area contributed by atoms with E-state index in [1.807, 2.05) is 12.3 Å². The molecule has 0 bridgehead atoms. The normalized spacial score (nSPS) is 25.9. The average molecular weight is 442 g/mol. The van der Waals surface area contributed by atoms with E-state index in [1.165, 1.54) is 24.8 Å². The highest BCUT2D eigenvalue weighted by atomic mass is 32.2. The number of rotatable bonds is 8. The van der Waals surface area contributed by atoms with E-state index >= 15 is 0 Å². The van der Waals surface area contributed by atoms with Crippen molar-refractivity contribution < 1.29 is 9.42 Å². The second-order valence-electron chi connectivity index (χ2n) is 8.37. The molecule has 1 atom stereocenters. The van der Waals surface area contributed by atoms with Crippen LogP contribution in [-0.4, -0.2) is 45.5 Å². The first-order valence-electron chi connectivity index (χ1n) is 10.9. The second kappa shape index (κ2) is 11.1. The van der Waals surface area contributed by atoms with Gasteiger partial charge in [0.1, 0.15) is 11.6 Å². The van der Waals surface area contributed by atoms with Crippen molar-refractivity contribution in [3.05, 3.63) is 18.1 Å². The third-order valence-corrected chi connectivity index (χ3v) is 8.88. The van der Waals surface area contributed by atoms with E-state index in [-0.39, 0.29) is 11.8 Å². The molecule has 1 aromatic heterocycles. The van der Waals surface area contributed by atoms with Gasteiger partial charge in [-0.3, -0.25) is 10.3 Å². The van der Waals surface area contributed by atoms with E-state index in [2.05, 4.69) is 21.9 Å². The number of hydrogen-bond acceptors (Lipinski definition) is 7. The molecule has 29 heavy (non-hydrogen) atoms. The Hall–Kier alpha value is -0.660. The highest BCUT2D eigenvalue weighted by Gasteiger charge is 2.33. The predicted molar refractivity (Wildman–Crippen MR) is 121 cm³/mol. The zero-order valence-electron chi connectivity index (χ0n) is 17.5. The molecule has 1 heterocycles. The largest absolute Gasteiger partial charge is 0.357 e. The summed E-state index contributed by atoms with van der Waals surface area (Å²) in [6.07, 6.45) is 13.0. The molecule has 2 aliphatic rings. The van der Waals surface area contributed by atoms with E-state index in [0.717, 1.165) is 75.2 Å². The molecule has 0 spiro atoms. The molecule has 1 aromatic rings. The standard InChI is InChI=1S/C20H36N5O2PS/c1-25(20-12-14-23-19(24-20)13-15-29-22)16-8-10-17(11-9-16)27-28(21,26)18-6-4-2-3-5-7-18/h12,14,16-18H,2-11,13,15,22H2,1H3,(H2,21,26). The molecular weight excluding hydrogens is 405 g/mol. The van der Waals surface area contributed by atoms with Crippen molar-refractivity contribution in [2.45, 2.75) is 88.4 Å². The number of nitrogens with one attached hydrogen (secondary N) is 1. The number of nitrogens with zero attached hydrogens (tertiary/aromatic N) is 3. The quantitative estimate of drug-likeness (QED) is 0.304. The number of aryl methyl sites for hydroxylation is 1. The molecule has 2 saturated carbocycles. The van der Waals surface area contributed by atoms with Gasteiger partial charge >= 0.3 is 0 Å². The lowest BCUT2D eigenvalue weighted by Crippen LogP contribution is -2.37. The number of nitrogens with two attached hydrogens (primary N) is 1. The van der Waals surface area contributed by atoms with Crippen LogP contribution in [0.4, 0.5) is 5.82 Å². The van der Waals surface area contributed by atoms with Gasteiger partial charge in [0.05, 0.1) is 6.10 Å². The minimum Gasteiger partial charge on any atom is -0.357 e. The van der Waals surface area contributed by atoms with E-state index in [9.17, 15) is 4.89 Å². The minimum absolute atomic E-state index is 0.0151. The second-order valence-corrected chi connectivity index (χ2v) is 11.3. The zero-order valence-corrected chi connectivity index (χ0v) is 19.2. The van der Waals surface area contributed by atoms with Crippen LogP contribution < -0.4 is 10.0 Å². The Bertz CT molecular complexity index is 679. The van der Waals surface area contributed by atoms with Crippen molar-refractivity contribution >= 4 is 25.3 Å². The molecule has 7 nitrogen and oxygen atoms in total. The Labute approximate surface area is 179 Å². The summed E-state index contributed by atoms with van der Waals surface area (Å²) in [5, 5.41) is 14.0. The molecule has 0 aliphatic heterocycles. The molecule has 1 unspecified atom stereocenters. The van der Waals surface area contributed by atoms with Crippen molar-refractivity contribution in [1.82, 2.24) is 9.97 Å². The van der Waals surface area contributed by atoms with Gasteiger partial charge in [0.2, 0.25) is 7.51 Å². The third-order valence-electron chi connectivity index (χ3n) is 6.32. The summed E-state index contributed by atoms with van der Waals surface area (Å²) in [6, 6.07) is 2.36. The molecule has 0 amide bonds. The molecule has 2 fully saturated rings. The van der Waals surface area contributed by atoms with Crippen LogP contribution in [0.25, 0.3) is 0 Å². The molecule has 0 saturated heterocycles. The molecular formula is C20H36N5O2PS. The van der Waals surface area contributed by atoms with Crippen LogP contribution >= 0.6 is 19.5 Å². The van der Waals surface area contributed by atoms with Gasteiger partial charge in [-0.2, -0.15) is 0 Å². The van der Waals surface area contributed by atoms with E-state index in [4.69, 9.17) is 14.8 Å². The summed E-state index contributed by atoms with van der Waals surface area (Å²) < 4.78 is 6.05. The Morgan fingerprint density at radius 3 is 2.55 bits per heavy atom. The molecule has 164 valence electrons. The maximum absolute atomic E-state index is 10.8. The SMILES string of the molecule is CN(c1ccnc(CCSN)n1)C1CCC(OP(=N)(O)C2CCCCCC2)CC1. The summed E-state index contributed by atoms with van der Waals surface area (Å²) in [7, 11) is -0.937. The molecule has 9 heteroatoms. The number of aromatic nitrogens is 2. The molecule has 0 aromatic carbocycles. The Morgan fingerprint density at radius 1 is 1.21 bits per heavy atom. The van der Waals surface area contributed by atoms with Crippen molar-refractivity contribution in [2.24, 2.45) is 5.14 Å². The predicted octanol–water partition coefficient (Wildman–Crippen LogP) is 4.72. The van der Waals surface area contributed by atoms with Gasteiger partial charge in [-0.05, 0) is 44.6 Å². The van der Waals surface area contributed by atoms with Crippen LogP contribution in [0, 0.1) is 5.16 Å². The van der Waals surface area contributed by atoms with Crippen molar-refractivity contribution in [3.63, 3.8) is 0 Å². The molecule has 3 rings (SSSR count). The topological polar surface area (TPSA) is 108 Å². The van der Waals surface area contributed by atoms with Gasteiger partial charge in [0.15, 0.2) is 0 Å². The fraction of sp³-hybridized carbons (Fsp3) is 0.800. The maximum atomic E-state index is 10.8. The van der Waals surface area contributed by atoms with Crippen LogP contribution in [0.3, 0.4) is 0 Å². The summed E-state index contributed by atoms with van der Waals surface area (Å²) in [6.45, 7) is 0. The summed E-state index contributed by atoms with van der Waals surface area (Å²) in [4.78, 5) is 22.0. The van der Waals surface area contributed by atoms with Crippen LogP contribution in [0.5, 0.6) is 0 Å². The van der Waals surface area contributed by atoms with Gasteiger partial charge < -0.3 is 14.3 Å². The first-order chi connectivity index (χ1) is 14.0. The smallest absolute Gasteiger partial charge is 0.210 e. The molecule has 2 aliphatic carbocycles. The van der Waals surface area contributed by atoms with Gasteiger partial charge in [0.25, 0.3) is 0 Å². The summed E-state index contributed by atoms with van der Waals surface area (Å²) >= 11 is 1.31. The van der Waals surface area contributed by atoms with Crippen LogP contribution in [0.1, 0.15) is 70.0 Å². The van der Waals surface area contributed by atoms with Crippen LogP contribution in [0.2, 0.25) is 0 Å². The van der Waals surface area contributed by atoms with Crippen LogP contribution in [-0.2, 0) is 10.9 Å². The van der Waals surface area contributed by atoms with E-state index in [1.54, 1.807) is 0 Å². The first-order valence-corrected chi connectivity index (χ1v) is 13.7. The van der Waals surface area contributed by atoms with Gasteiger partial charge in [-0.1, -0.05) is 37.6 Å². The monoisotopic (exact) mass is 441 g/mol. The fourth-order valence-corrected chi connectivity index (χ4v) is 6.70. The first kappa shape index (κ1) is 23.0. The lowest BCUT2D eigenvalue weighted by molar-refractivity contribution is 0.137. The molecule has 4 N–H and O–H groups in total.